The van der Waals surface area contributed by atoms with E-state index in [4.69, 9.17) is 18.9 Å². The van der Waals surface area contributed by atoms with Crippen LogP contribution in [0.5, 0.6) is 23.1 Å². The third-order valence-electron chi connectivity index (χ3n) is 5.39. The van der Waals surface area contributed by atoms with Crippen molar-refractivity contribution in [3.05, 3.63) is 42.7 Å². The van der Waals surface area contributed by atoms with E-state index in [0.29, 0.717) is 35.6 Å². The first-order valence-electron chi connectivity index (χ1n) is 11.3. The summed E-state index contributed by atoms with van der Waals surface area (Å²) in [7, 11) is 0. The lowest BCUT2D eigenvalue weighted by Gasteiger charge is -2.26. The molecule has 2 aromatic carbocycles. The van der Waals surface area contributed by atoms with E-state index in [-0.39, 0.29) is 11.6 Å². The summed E-state index contributed by atoms with van der Waals surface area (Å²) < 4.78 is 62.3. The van der Waals surface area contributed by atoms with Crippen LogP contribution in [0.25, 0.3) is 10.9 Å². The van der Waals surface area contributed by atoms with Gasteiger partial charge in [-0.25, -0.2) is 9.97 Å². The second-order valence-corrected chi connectivity index (χ2v) is 7.83. The summed E-state index contributed by atoms with van der Waals surface area (Å²) in [6.45, 7) is 1.86. The summed E-state index contributed by atoms with van der Waals surface area (Å²) in [5.74, 6) is 1.22. The normalized spacial score (nSPS) is 14.8. The van der Waals surface area contributed by atoms with Crippen LogP contribution in [-0.2, 0) is 4.74 Å². The number of halogens is 3. The first-order chi connectivity index (χ1) is 16.4. The van der Waals surface area contributed by atoms with Crippen molar-refractivity contribution in [3.63, 3.8) is 0 Å². The van der Waals surface area contributed by atoms with Gasteiger partial charge in [-0.3, -0.25) is 4.90 Å². The highest BCUT2D eigenvalue weighted by atomic mass is 19.4. The van der Waals surface area contributed by atoms with Crippen LogP contribution in [0.2, 0.25) is 0 Å². The van der Waals surface area contributed by atoms with Crippen molar-refractivity contribution in [3.8, 4) is 23.1 Å². The van der Waals surface area contributed by atoms with Crippen molar-refractivity contribution in [2.45, 2.75) is 13.3 Å². The van der Waals surface area contributed by atoms with Crippen LogP contribution in [0.1, 0.15) is 13.3 Å². The Balaban J connectivity index is 1.54. The van der Waals surface area contributed by atoms with Gasteiger partial charge in [0.25, 0.3) is 0 Å². The van der Waals surface area contributed by atoms with Gasteiger partial charge >= 0.3 is 6.98 Å². The van der Waals surface area contributed by atoms with Gasteiger partial charge in [0.15, 0.2) is 11.5 Å². The molecule has 1 fully saturated rings. The number of hydrogen-bond acceptors (Lipinski definition) is 7. The molecule has 0 unspecified atom stereocenters. The van der Waals surface area contributed by atoms with E-state index in [1.165, 1.54) is 18.5 Å². The Morgan fingerprint density at radius 2 is 1.82 bits per heavy atom. The minimum Gasteiger partial charge on any atom is -0.490 e. The van der Waals surface area contributed by atoms with Gasteiger partial charge in [0, 0.05) is 25.7 Å². The molecule has 11 heteroatoms. The van der Waals surface area contributed by atoms with E-state index in [2.05, 4.69) is 14.9 Å². The number of fused-ring (bicyclic) bond motifs is 1. The zero-order chi connectivity index (χ0) is 24.0. The number of rotatable bonds is 10. The van der Waals surface area contributed by atoms with Crippen molar-refractivity contribution < 1.29 is 31.9 Å². The van der Waals surface area contributed by atoms with Crippen LogP contribution in [0.15, 0.2) is 42.7 Å². The summed E-state index contributed by atoms with van der Waals surface area (Å²) in [4.78, 5) is 10.7. The Morgan fingerprint density at radius 3 is 2.59 bits per heavy atom. The molecule has 0 spiro atoms. The van der Waals surface area contributed by atoms with Crippen molar-refractivity contribution in [2.75, 3.05) is 46.1 Å². The van der Waals surface area contributed by atoms with E-state index in [9.17, 15) is 12.9 Å². The van der Waals surface area contributed by atoms with Gasteiger partial charge in [-0.05, 0) is 31.5 Å². The third-order valence-corrected chi connectivity index (χ3v) is 5.39. The van der Waals surface area contributed by atoms with Gasteiger partial charge in [0.2, 0.25) is 5.88 Å². The fraction of sp³-hybridized carbons (Fsp3) is 0.391. The highest BCUT2D eigenvalue weighted by Crippen LogP contribution is 2.36. The van der Waals surface area contributed by atoms with Gasteiger partial charge < -0.3 is 31.9 Å². The van der Waals surface area contributed by atoms with Gasteiger partial charge in [-0.15, -0.1) is 5.46 Å². The Labute approximate surface area is 195 Å². The highest BCUT2D eigenvalue weighted by Gasteiger charge is 2.26. The second kappa shape index (κ2) is 10.9. The quantitative estimate of drug-likeness (QED) is 0.324. The van der Waals surface area contributed by atoms with Crippen molar-refractivity contribution in [1.82, 2.24) is 14.9 Å². The zero-order valence-corrected chi connectivity index (χ0v) is 18.9. The van der Waals surface area contributed by atoms with Crippen LogP contribution in [0.4, 0.5) is 12.9 Å². The van der Waals surface area contributed by atoms with Crippen LogP contribution in [-0.4, -0.2) is 67.9 Å². The standard InChI is InChI=1S/C23H26BF3N3O4/c1-2-32-22-15-20-19(14-21(22)33-10-4-7-30-8-11-31-12-9-30)23(29-16-28-20)34-18-6-3-5-17(13-18)24(25,26)27/h3,5-6,13-16H,2,4,7-12H2,1H3/q-1. The second-order valence-electron chi connectivity index (χ2n) is 7.83. The van der Waals surface area contributed by atoms with Crippen LogP contribution < -0.4 is 19.7 Å². The van der Waals surface area contributed by atoms with Crippen LogP contribution >= 0.6 is 0 Å². The molecular weight excluding hydrogens is 450 g/mol. The Bertz CT molecular complexity index is 1110. The molecule has 0 aliphatic carbocycles. The van der Waals surface area contributed by atoms with E-state index in [1.54, 1.807) is 12.1 Å². The molecule has 1 aromatic heterocycles. The molecule has 1 saturated heterocycles. The molecule has 0 saturated carbocycles. The SMILES string of the molecule is CCOc1cc2ncnc(Oc3cccc([B-](F)(F)F)c3)c2cc1OCCCN1CCOCC1. The molecule has 3 aromatic rings. The predicted octanol–water partition coefficient (Wildman–Crippen LogP) is 3.98. The Morgan fingerprint density at radius 1 is 1.03 bits per heavy atom. The largest absolute Gasteiger partial charge is 0.509 e. The molecule has 2 heterocycles. The van der Waals surface area contributed by atoms with Gasteiger partial charge in [0.1, 0.15) is 12.1 Å². The van der Waals surface area contributed by atoms with E-state index in [1.807, 2.05) is 6.92 Å². The molecule has 0 bridgehead atoms. The molecule has 34 heavy (non-hydrogen) atoms. The predicted molar refractivity (Wildman–Crippen MR) is 123 cm³/mol. The van der Waals surface area contributed by atoms with Gasteiger partial charge in [-0.1, -0.05) is 12.1 Å². The molecule has 0 N–H and O–H groups in total. The average molecular weight is 476 g/mol. The molecule has 7 nitrogen and oxygen atoms in total. The fourth-order valence-electron chi connectivity index (χ4n) is 3.69. The summed E-state index contributed by atoms with van der Waals surface area (Å²) in [5, 5.41) is 0.511. The van der Waals surface area contributed by atoms with Crippen LogP contribution in [0.3, 0.4) is 0 Å². The van der Waals surface area contributed by atoms with E-state index < -0.39 is 12.4 Å². The topological polar surface area (TPSA) is 65.9 Å². The number of nitrogens with zero attached hydrogens (tertiary/aromatic N) is 3. The van der Waals surface area contributed by atoms with Gasteiger partial charge in [-0.2, -0.15) is 0 Å². The minimum absolute atomic E-state index is 0.0403. The molecule has 182 valence electrons. The maximum absolute atomic E-state index is 13.1. The first-order valence-corrected chi connectivity index (χ1v) is 11.3. The lowest BCUT2D eigenvalue weighted by Crippen LogP contribution is -2.37. The number of aromatic nitrogens is 2. The van der Waals surface area contributed by atoms with E-state index in [0.717, 1.165) is 51.4 Å². The summed E-state index contributed by atoms with van der Waals surface area (Å²) in [6.07, 6.45) is 2.12. The third kappa shape index (κ3) is 6.09. The summed E-state index contributed by atoms with van der Waals surface area (Å²) in [6, 6.07) is 8.17. The van der Waals surface area contributed by atoms with E-state index >= 15 is 0 Å². The lowest BCUT2D eigenvalue weighted by molar-refractivity contribution is 0.0357. The minimum atomic E-state index is -5.14. The summed E-state index contributed by atoms with van der Waals surface area (Å²) >= 11 is 0. The van der Waals surface area contributed by atoms with Crippen LogP contribution in [0, 0.1) is 0 Å². The Hall–Kier alpha value is -3.05. The number of hydrogen-bond donors (Lipinski definition) is 0. The number of morpholine rings is 1. The first kappa shape index (κ1) is 24.1. The average Bonchev–Trinajstić information content (AvgIpc) is 2.83. The van der Waals surface area contributed by atoms with Crippen molar-refractivity contribution >= 4 is 23.3 Å². The molecule has 0 atom stereocenters. The maximum atomic E-state index is 13.1. The van der Waals surface area contributed by atoms with Crippen molar-refractivity contribution in [2.24, 2.45) is 0 Å². The number of benzene rings is 2. The monoisotopic (exact) mass is 476 g/mol. The molecule has 4 rings (SSSR count). The lowest BCUT2D eigenvalue weighted by atomic mass is 9.80. The molecule has 1 aliphatic rings. The molecular formula is C23H26BF3N3O4-. The highest BCUT2D eigenvalue weighted by molar-refractivity contribution is 6.73. The fourth-order valence-corrected chi connectivity index (χ4v) is 3.69. The number of ether oxygens (including phenoxy) is 4. The molecule has 1 aliphatic heterocycles. The summed E-state index contributed by atoms with van der Waals surface area (Å²) in [5.41, 5.74) is -0.205. The maximum Gasteiger partial charge on any atom is 0.509 e. The Kier molecular flexibility index (Phi) is 7.74. The van der Waals surface area contributed by atoms with Gasteiger partial charge in [0.05, 0.1) is 37.3 Å². The zero-order valence-electron chi connectivity index (χ0n) is 18.9. The molecule has 0 amide bonds. The van der Waals surface area contributed by atoms with Crippen molar-refractivity contribution in [1.29, 1.82) is 0 Å². The smallest absolute Gasteiger partial charge is 0.490 e. The molecule has 0 radical (unpaired) electrons.